The van der Waals surface area contributed by atoms with Crippen molar-refractivity contribution in [2.45, 2.75) is 45.1 Å². The number of rotatable bonds is 3. The minimum absolute atomic E-state index is 0.306. The van der Waals surface area contributed by atoms with Crippen LogP contribution in [0.3, 0.4) is 0 Å². The monoisotopic (exact) mass is 196 g/mol. The van der Waals surface area contributed by atoms with Crippen molar-refractivity contribution in [3.8, 4) is 0 Å². The first kappa shape index (κ1) is 11.1. The van der Waals surface area contributed by atoms with Gasteiger partial charge in [-0.1, -0.05) is 31.4 Å². The molecule has 2 amide bonds. The SMILES string of the molecule is C=C(C)CN(C(N)=O)C1CCCCC1. The summed E-state index contributed by atoms with van der Waals surface area (Å²) < 4.78 is 0. The Morgan fingerprint density at radius 1 is 1.43 bits per heavy atom. The number of carbonyl (C=O) groups excluding carboxylic acids is 1. The molecule has 1 aliphatic carbocycles. The highest BCUT2D eigenvalue weighted by Crippen LogP contribution is 2.22. The van der Waals surface area contributed by atoms with Crippen LogP contribution in [0.15, 0.2) is 12.2 Å². The van der Waals surface area contributed by atoms with Gasteiger partial charge in [0.15, 0.2) is 0 Å². The molecule has 0 heterocycles. The lowest BCUT2D eigenvalue weighted by Gasteiger charge is -2.33. The van der Waals surface area contributed by atoms with E-state index in [0.29, 0.717) is 12.6 Å². The lowest BCUT2D eigenvalue weighted by atomic mass is 9.94. The van der Waals surface area contributed by atoms with Crippen molar-refractivity contribution in [1.29, 1.82) is 0 Å². The molecule has 0 spiro atoms. The molecule has 1 rings (SSSR count). The average molecular weight is 196 g/mol. The predicted octanol–water partition coefficient (Wildman–Crippen LogP) is 2.28. The van der Waals surface area contributed by atoms with Crippen LogP contribution >= 0.6 is 0 Å². The molecule has 0 atom stereocenters. The van der Waals surface area contributed by atoms with Gasteiger partial charge < -0.3 is 10.6 Å². The van der Waals surface area contributed by atoms with E-state index in [9.17, 15) is 4.79 Å². The number of urea groups is 1. The molecule has 14 heavy (non-hydrogen) atoms. The predicted molar refractivity (Wildman–Crippen MR) is 58.0 cm³/mol. The van der Waals surface area contributed by atoms with E-state index in [1.54, 1.807) is 4.90 Å². The van der Waals surface area contributed by atoms with Crippen LogP contribution in [0.1, 0.15) is 39.0 Å². The largest absolute Gasteiger partial charge is 0.351 e. The molecule has 0 radical (unpaired) electrons. The Labute approximate surface area is 86.0 Å². The van der Waals surface area contributed by atoms with Crippen LogP contribution in [-0.4, -0.2) is 23.5 Å². The molecule has 3 nitrogen and oxygen atoms in total. The zero-order valence-corrected chi connectivity index (χ0v) is 8.96. The van der Waals surface area contributed by atoms with Gasteiger partial charge in [-0.25, -0.2) is 4.79 Å². The maximum atomic E-state index is 11.2. The third-order valence-electron chi connectivity index (χ3n) is 2.74. The Bertz CT molecular complexity index is 219. The summed E-state index contributed by atoms with van der Waals surface area (Å²) >= 11 is 0. The second-order valence-corrected chi connectivity index (χ2v) is 4.22. The van der Waals surface area contributed by atoms with Gasteiger partial charge in [0.2, 0.25) is 0 Å². The summed E-state index contributed by atoms with van der Waals surface area (Å²) in [5, 5.41) is 0. The molecule has 1 fully saturated rings. The first-order valence-corrected chi connectivity index (χ1v) is 5.31. The van der Waals surface area contributed by atoms with Gasteiger partial charge in [0, 0.05) is 12.6 Å². The molecule has 0 bridgehead atoms. The first-order valence-electron chi connectivity index (χ1n) is 5.31. The maximum absolute atomic E-state index is 11.2. The van der Waals surface area contributed by atoms with Gasteiger partial charge in [0.1, 0.15) is 0 Å². The third-order valence-corrected chi connectivity index (χ3v) is 2.74. The van der Waals surface area contributed by atoms with Crippen LogP contribution < -0.4 is 5.73 Å². The minimum atomic E-state index is -0.306. The smallest absolute Gasteiger partial charge is 0.315 e. The summed E-state index contributed by atoms with van der Waals surface area (Å²) in [6.07, 6.45) is 5.90. The van der Waals surface area contributed by atoms with E-state index in [4.69, 9.17) is 5.73 Å². The van der Waals surface area contributed by atoms with E-state index in [-0.39, 0.29) is 6.03 Å². The summed E-state index contributed by atoms with van der Waals surface area (Å²) in [4.78, 5) is 13.0. The van der Waals surface area contributed by atoms with E-state index in [1.165, 1.54) is 19.3 Å². The van der Waals surface area contributed by atoms with Gasteiger partial charge in [-0.05, 0) is 19.8 Å². The Morgan fingerprint density at radius 3 is 2.43 bits per heavy atom. The molecule has 0 aromatic carbocycles. The molecule has 1 aliphatic rings. The minimum Gasteiger partial charge on any atom is -0.351 e. The van der Waals surface area contributed by atoms with Gasteiger partial charge >= 0.3 is 6.03 Å². The van der Waals surface area contributed by atoms with Crippen molar-refractivity contribution < 1.29 is 4.79 Å². The zero-order valence-electron chi connectivity index (χ0n) is 8.96. The summed E-state index contributed by atoms with van der Waals surface area (Å²) in [6.45, 7) is 6.36. The van der Waals surface area contributed by atoms with Crippen molar-refractivity contribution in [3.63, 3.8) is 0 Å². The summed E-state index contributed by atoms with van der Waals surface area (Å²) in [5.41, 5.74) is 6.36. The van der Waals surface area contributed by atoms with Crippen LogP contribution in [0.5, 0.6) is 0 Å². The number of nitrogens with two attached hydrogens (primary N) is 1. The van der Waals surface area contributed by atoms with Crippen LogP contribution in [0.2, 0.25) is 0 Å². The van der Waals surface area contributed by atoms with Crippen molar-refractivity contribution >= 4 is 6.03 Å². The highest BCUT2D eigenvalue weighted by atomic mass is 16.2. The van der Waals surface area contributed by atoms with Crippen LogP contribution in [0.25, 0.3) is 0 Å². The van der Waals surface area contributed by atoms with Crippen LogP contribution in [0, 0.1) is 0 Å². The van der Waals surface area contributed by atoms with Crippen molar-refractivity contribution in [3.05, 3.63) is 12.2 Å². The number of carbonyl (C=O) groups is 1. The Kier molecular flexibility index (Phi) is 3.98. The highest BCUT2D eigenvalue weighted by molar-refractivity contribution is 5.72. The van der Waals surface area contributed by atoms with E-state index >= 15 is 0 Å². The molecule has 0 saturated heterocycles. The maximum Gasteiger partial charge on any atom is 0.315 e. The van der Waals surface area contributed by atoms with Crippen molar-refractivity contribution in [1.82, 2.24) is 4.90 Å². The summed E-state index contributed by atoms with van der Waals surface area (Å²) in [6, 6.07) is 0.0397. The molecular formula is C11H20N2O. The van der Waals surface area contributed by atoms with Gasteiger partial charge in [0.05, 0.1) is 0 Å². The average Bonchev–Trinajstić information content (AvgIpc) is 2.15. The third kappa shape index (κ3) is 3.05. The molecule has 3 heteroatoms. The van der Waals surface area contributed by atoms with Gasteiger partial charge in [-0.3, -0.25) is 0 Å². The van der Waals surface area contributed by atoms with Crippen LogP contribution in [-0.2, 0) is 0 Å². The molecule has 80 valence electrons. The molecule has 2 N–H and O–H groups in total. The zero-order chi connectivity index (χ0) is 10.6. The number of primary amides is 1. The Balaban J connectivity index is 2.56. The normalized spacial score (nSPS) is 17.8. The molecule has 0 aromatic rings. The van der Waals surface area contributed by atoms with Gasteiger partial charge in [-0.2, -0.15) is 0 Å². The van der Waals surface area contributed by atoms with Gasteiger partial charge in [-0.15, -0.1) is 0 Å². The number of hydrogen-bond acceptors (Lipinski definition) is 1. The molecule has 0 unspecified atom stereocenters. The second kappa shape index (κ2) is 5.03. The number of hydrogen-bond donors (Lipinski definition) is 1. The fourth-order valence-electron chi connectivity index (χ4n) is 2.07. The second-order valence-electron chi connectivity index (χ2n) is 4.22. The summed E-state index contributed by atoms with van der Waals surface area (Å²) in [7, 11) is 0. The molecule has 1 saturated carbocycles. The molecule has 0 aliphatic heterocycles. The first-order chi connectivity index (χ1) is 6.61. The Hall–Kier alpha value is -0.990. The standard InChI is InChI=1S/C11H20N2O/c1-9(2)8-13(11(12)14)10-6-4-3-5-7-10/h10H,1,3-8H2,2H3,(H2,12,14). The highest BCUT2D eigenvalue weighted by Gasteiger charge is 2.23. The summed E-state index contributed by atoms with van der Waals surface area (Å²) in [5.74, 6) is 0. The number of amides is 2. The Morgan fingerprint density at radius 2 is 2.00 bits per heavy atom. The quantitative estimate of drug-likeness (QED) is 0.691. The lowest BCUT2D eigenvalue weighted by molar-refractivity contribution is 0.171. The van der Waals surface area contributed by atoms with E-state index in [2.05, 4.69) is 6.58 Å². The van der Waals surface area contributed by atoms with Crippen LogP contribution in [0.4, 0.5) is 4.79 Å². The number of nitrogens with zero attached hydrogens (tertiary/aromatic N) is 1. The van der Waals surface area contributed by atoms with E-state index < -0.39 is 0 Å². The van der Waals surface area contributed by atoms with Crippen molar-refractivity contribution in [2.24, 2.45) is 5.73 Å². The molecular weight excluding hydrogens is 176 g/mol. The van der Waals surface area contributed by atoms with Gasteiger partial charge in [0.25, 0.3) is 0 Å². The van der Waals surface area contributed by atoms with Crippen molar-refractivity contribution in [2.75, 3.05) is 6.54 Å². The fourth-order valence-corrected chi connectivity index (χ4v) is 2.07. The van der Waals surface area contributed by atoms with E-state index in [0.717, 1.165) is 18.4 Å². The van der Waals surface area contributed by atoms with E-state index in [1.807, 2.05) is 6.92 Å². The fraction of sp³-hybridized carbons (Fsp3) is 0.727. The lowest BCUT2D eigenvalue weighted by Crippen LogP contribution is -2.45. The topological polar surface area (TPSA) is 46.3 Å². The molecule has 0 aromatic heterocycles.